The molecule has 178 valence electrons. The van der Waals surface area contributed by atoms with E-state index in [1.54, 1.807) is 44.2 Å². The molecule has 0 aliphatic carbocycles. The van der Waals surface area contributed by atoms with Crippen LogP contribution in [0.2, 0.25) is 0 Å². The van der Waals surface area contributed by atoms with Crippen LogP contribution in [0.4, 0.5) is 11.6 Å². The summed E-state index contributed by atoms with van der Waals surface area (Å²) < 4.78 is 33.1. The Bertz CT molecular complexity index is 1240. The SMILES string of the molecule is Cc1cc(C)nc(NS(=O)(=O)c2ccc(NC(=O)c3ccc(CN4CCOCC4)cc3)cc2)n1. The number of morpholine rings is 1. The molecule has 3 aromatic rings. The zero-order valence-corrected chi connectivity index (χ0v) is 19.9. The van der Waals surface area contributed by atoms with Gasteiger partial charge in [-0.25, -0.2) is 23.1 Å². The number of amides is 1. The fourth-order valence-corrected chi connectivity index (χ4v) is 4.59. The number of hydrogen-bond donors (Lipinski definition) is 2. The lowest BCUT2D eigenvalue weighted by atomic mass is 10.1. The molecular formula is C24H27N5O4S. The molecule has 1 aliphatic heterocycles. The van der Waals surface area contributed by atoms with Gasteiger partial charge in [-0.2, -0.15) is 0 Å². The van der Waals surface area contributed by atoms with E-state index < -0.39 is 10.0 Å². The van der Waals surface area contributed by atoms with Crippen molar-refractivity contribution in [3.05, 3.63) is 77.1 Å². The molecule has 1 aliphatic rings. The van der Waals surface area contributed by atoms with Gasteiger partial charge >= 0.3 is 0 Å². The Morgan fingerprint density at radius 1 is 0.971 bits per heavy atom. The van der Waals surface area contributed by atoms with E-state index in [9.17, 15) is 13.2 Å². The number of aryl methyl sites for hydroxylation is 2. The van der Waals surface area contributed by atoms with Crippen LogP contribution in [0.15, 0.2) is 59.5 Å². The zero-order valence-electron chi connectivity index (χ0n) is 19.1. The van der Waals surface area contributed by atoms with Gasteiger partial charge < -0.3 is 10.1 Å². The number of hydrogen-bond acceptors (Lipinski definition) is 7. The molecule has 4 rings (SSSR count). The van der Waals surface area contributed by atoms with Gasteiger partial charge in [0.15, 0.2) is 0 Å². The fraction of sp³-hybridized carbons (Fsp3) is 0.292. The van der Waals surface area contributed by atoms with Crippen molar-refractivity contribution < 1.29 is 17.9 Å². The number of ether oxygens (including phenoxy) is 1. The van der Waals surface area contributed by atoms with Gasteiger partial charge in [-0.3, -0.25) is 9.69 Å². The molecule has 9 nitrogen and oxygen atoms in total. The Labute approximate surface area is 199 Å². The number of rotatable bonds is 7. The second-order valence-electron chi connectivity index (χ2n) is 8.14. The quantitative estimate of drug-likeness (QED) is 0.533. The van der Waals surface area contributed by atoms with E-state index in [-0.39, 0.29) is 16.8 Å². The van der Waals surface area contributed by atoms with Gasteiger partial charge in [0.25, 0.3) is 15.9 Å². The van der Waals surface area contributed by atoms with Gasteiger partial charge in [-0.15, -0.1) is 0 Å². The van der Waals surface area contributed by atoms with E-state index in [0.29, 0.717) is 22.6 Å². The molecule has 0 spiro atoms. The van der Waals surface area contributed by atoms with Crippen LogP contribution < -0.4 is 10.0 Å². The number of sulfonamides is 1. The largest absolute Gasteiger partial charge is 0.379 e. The van der Waals surface area contributed by atoms with Crippen molar-refractivity contribution >= 4 is 27.6 Å². The Balaban J connectivity index is 1.37. The lowest BCUT2D eigenvalue weighted by Crippen LogP contribution is -2.35. The molecule has 2 aromatic carbocycles. The zero-order chi connectivity index (χ0) is 24.1. The molecule has 0 atom stereocenters. The van der Waals surface area contributed by atoms with E-state index in [2.05, 4.69) is 24.9 Å². The highest BCUT2D eigenvalue weighted by atomic mass is 32.2. The summed E-state index contributed by atoms with van der Waals surface area (Å²) >= 11 is 0. The summed E-state index contributed by atoms with van der Waals surface area (Å²) in [6.45, 7) is 7.65. The van der Waals surface area contributed by atoms with Crippen LogP contribution in [0.3, 0.4) is 0 Å². The van der Waals surface area contributed by atoms with E-state index in [1.807, 2.05) is 12.1 Å². The monoisotopic (exact) mass is 481 g/mol. The maximum absolute atomic E-state index is 12.7. The van der Waals surface area contributed by atoms with Gasteiger partial charge in [-0.1, -0.05) is 12.1 Å². The van der Waals surface area contributed by atoms with Gasteiger partial charge in [0.1, 0.15) is 0 Å². The molecule has 0 saturated carbocycles. The normalized spacial score (nSPS) is 14.5. The number of aromatic nitrogens is 2. The van der Waals surface area contributed by atoms with Crippen molar-refractivity contribution in [2.24, 2.45) is 0 Å². The Hall–Kier alpha value is -3.34. The minimum atomic E-state index is -3.86. The maximum atomic E-state index is 12.7. The number of nitrogens with one attached hydrogen (secondary N) is 2. The predicted molar refractivity (Wildman–Crippen MR) is 129 cm³/mol. The average Bonchev–Trinajstić information content (AvgIpc) is 2.79. The molecule has 10 heteroatoms. The third kappa shape index (κ3) is 6.16. The second kappa shape index (κ2) is 10.3. The van der Waals surface area contributed by atoms with E-state index in [1.165, 1.54) is 12.1 Å². The second-order valence-corrected chi connectivity index (χ2v) is 9.83. The summed E-state index contributed by atoms with van der Waals surface area (Å²) in [6, 6.07) is 15.2. The van der Waals surface area contributed by atoms with Crippen molar-refractivity contribution in [2.75, 3.05) is 36.3 Å². The van der Waals surface area contributed by atoms with Crippen molar-refractivity contribution in [2.45, 2.75) is 25.3 Å². The number of anilines is 2. The van der Waals surface area contributed by atoms with Gasteiger partial charge in [0.05, 0.1) is 18.1 Å². The summed E-state index contributed by atoms with van der Waals surface area (Å²) in [5.74, 6) is -0.248. The molecule has 1 saturated heterocycles. The van der Waals surface area contributed by atoms with Gasteiger partial charge in [0, 0.05) is 42.3 Å². The fourth-order valence-electron chi connectivity index (χ4n) is 3.65. The number of carbonyl (C=O) groups excluding carboxylic acids is 1. The molecule has 0 radical (unpaired) electrons. The minimum absolute atomic E-state index is 0.0203. The van der Waals surface area contributed by atoms with Crippen LogP contribution in [-0.2, 0) is 21.3 Å². The first-order valence-corrected chi connectivity index (χ1v) is 12.4. The summed E-state index contributed by atoms with van der Waals surface area (Å²) in [5, 5.41) is 2.80. The van der Waals surface area contributed by atoms with Crippen LogP contribution in [0, 0.1) is 13.8 Å². The average molecular weight is 482 g/mol. The first kappa shape index (κ1) is 23.8. The van der Waals surface area contributed by atoms with Crippen LogP contribution in [0.25, 0.3) is 0 Å². The van der Waals surface area contributed by atoms with E-state index >= 15 is 0 Å². The Morgan fingerprint density at radius 2 is 1.59 bits per heavy atom. The highest BCUT2D eigenvalue weighted by Gasteiger charge is 2.17. The van der Waals surface area contributed by atoms with E-state index in [0.717, 1.165) is 38.4 Å². The van der Waals surface area contributed by atoms with Crippen LogP contribution in [0.5, 0.6) is 0 Å². The van der Waals surface area contributed by atoms with Gasteiger partial charge in [-0.05, 0) is 61.9 Å². The molecule has 0 unspecified atom stereocenters. The number of nitrogens with zero attached hydrogens (tertiary/aromatic N) is 3. The highest BCUT2D eigenvalue weighted by molar-refractivity contribution is 7.92. The number of carbonyl (C=O) groups is 1. The van der Waals surface area contributed by atoms with Crippen molar-refractivity contribution in [1.29, 1.82) is 0 Å². The first-order chi connectivity index (χ1) is 16.3. The van der Waals surface area contributed by atoms with Crippen LogP contribution in [-0.4, -0.2) is 55.5 Å². The molecule has 1 fully saturated rings. The third-order valence-corrected chi connectivity index (χ3v) is 6.70. The van der Waals surface area contributed by atoms with Crippen LogP contribution in [0.1, 0.15) is 27.3 Å². The first-order valence-electron chi connectivity index (χ1n) is 10.9. The van der Waals surface area contributed by atoms with Crippen molar-refractivity contribution in [3.63, 3.8) is 0 Å². The van der Waals surface area contributed by atoms with Crippen molar-refractivity contribution in [1.82, 2.24) is 14.9 Å². The Morgan fingerprint density at radius 3 is 2.21 bits per heavy atom. The summed E-state index contributed by atoms with van der Waals surface area (Å²) in [4.78, 5) is 23.2. The molecule has 1 amide bonds. The van der Waals surface area contributed by atoms with Gasteiger partial charge in [0.2, 0.25) is 5.95 Å². The Kier molecular flexibility index (Phi) is 7.20. The van der Waals surface area contributed by atoms with Crippen LogP contribution >= 0.6 is 0 Å². The molecule has 34 heavy (non-hydrogen) atoms. The number of benzene rings is 2. The maximum Gasteiger partial charge on any atom is 0.264 e. The summed E-state index contributed by atoms with van der Waals surface area (Å²) in [7, 11) is -3.86. The predicted octanol–water partition coefficient (Wildman–Crippen LogP) is 2.98. The van der Waals surface area contributed by atoms with E-state index in [4.69, 9.17) is 4.74 Å². The standard InChI is InChI=1S/C24H27N5O4S/c1-17-15-18(2)26-24(25-17)28-34(31,32)22-9-7-21(8-10-22)27-23(30)20-5-3-19(4-6-20)16-29-11-13-33-14-12-29/h3-10,15H,11-14,16H2,1-2H3,(H,27,30)(H,25,26,28). The molecule has 2 N–H and O–H groups in total. The minimum Gasteiger partial charge on any atom is -0.379 e. The lowest BCUT2D eigenvalue weighted by molar-refractivity contribution is 0.0342. The lowest BCUT2D eigenvalue weighted by Gasteiger charge is -2.26. The molecule has 2 heterocycles. The summed E-state index contributed by atoms with van der Waals surface area (Å²) in [6.07, 6.45) is 0. The smallest absolute Gasteiger partial charge is 0.264 e. The molecule has 0 bridgehead atoms. The van der Waals surface area contributed by atoms with Crippen molar-refractivity contribution in [3.8, 4) is 0 Å². The topological polar surface area (TPSA) is 114 Å². The molecular weight excluding hydrogens is 454 g/mol. The third-order valence-electron chi connectivity index (χ3n) is 5.36. The highest BCUT2D eigenvalue weighted by Crippen LogP contribution is 2.18. The summed E-state index contributed by atoms with van der Waals surface area (Å²) in [5.41, 5.74) is 3.48. The molecule has 1 aromatic heterocycles.